The maximum atomic E-state index is 6.04. The van der Waals surface area contributed by atoms with Crippen LogP contribution in [0.5, 0.6) is 0 Å². The molecule has 1 N–H and O–H groups in total. The minimum absolute atomic E-state index is 0. The molecule has 2 aromatic rings. The lowest BCUT2D eigenvalue weighted by Gasteiger charge is -2.29. The lowest BCUT2D eigenvalue weighted by Crippen LogP contribution is -2.35. The zero-order valence-electron chi connectivity index (χ0n) is 13.0. The summed E-state index contributed by atoms with van der Waals surface area (Å²) in [4.78, 5) is 0. The van der Waals surface area contributed by atoms with E-state index in [1.807, 2.05) is 24.3 Å². The summed E-state index contributed by atoms with van der Waals surface area (Å²) in [6, 6.07) is 17.1. The Morgan fingerprint density at radius 1 is 0.739 bits per heavy atom. The van der Waals surface area contributed by atoms with E-state index in [0.29, 0.717) is 6.04 Å². The van der Waals surface area contributed by atoms with E-state index in [0.717, 1.165) is 10.0 Å². The van der Waals surface area contributed by atoms with Crippen LogP contribution in [0.25, 0.3) is 0 Å². The standard InChI is InChI=1S/C19H21Cl2N.ClH/c20-16-10-6-14(7-11-16)19(15-8-12-17(21)13-9-15)22-18-4-2-1-3-5-18;/h6-13,18-19,22H,1-5H2;1H. The van der Waals surface area contributed by atoms with Crippen molar-refractivity contribution in [2.45, 2.75) is 44.2 Å². The molecule has 3 rings (SSSR count). The van der Waals surface area contributed by atoms with Crippen molar-refractivity contribution < 1.29 is 0 Å². The van der Waals surface area contributed by atoms with E-state index in [1.165, 1.54) is 43.2 Å². The van der Waals surface area contributed by atoms with Crippen molar-refractivity contribution in [2.75, 3.05) is 0 Å². The maximum Gasteiger partial charge on any atom is 0.0578 e. The maximum absolute atomic E-state index is 6.04. The van der Waals surface area contributed by atoms with Gasteiger partial charge in [0.1, 0.15) is 0 Å². The topological polar surface area (TPSA) is 12.0 Å². The average Bonchev–Trinajstić information content (AvgIpc) is 2.56. The summed E-state index contributed by atoms with van der Waals surface area (Å²) in [5.74, 6) is 0. The van der Waals surface area contributed by atoms with Crippen LogP contribution in [0.1, 0.15) is 49.3 Å². The fourth-order valence-electron chi connectivity index (χ4n) is 3.20. The molecule has 1 fully saturated rings. The summed E-state index contributed by atoms with van der Waals surface area (Å²) >= 11 is 12.1. The fraction of sp³-hybridized carbons (Fsp3) is 0.368. The first-order valence-electron chi connectivity index (χ1n) is 7.99. The van der Waals surface area contributed by atoms with Gasteiger partial charge >= 0.3 is 0 Å². The highest BCUT2D eigenvalue weighted by Gasteiger charge is 2.20. The third-order valence-corrected chi connectivity index (χ3v) is 4.92. The Labute approximate surface area is 154 Å². The second-order valence-corrected chi connectivity index (χ2v) is 6.91. The van der Waals surface area contributed by atoms with E-state index in [4.69, 9.17) is 23.2 Å². The fourth-order valence-corrected chi connectivity index (χ4v) is 3.45. The van der Waals surface area contributed by atoms with Crippen molar-refractivity contribution in [3.63, 3.8) is 0 Å². The molecular formula is C19H22Cl3N. The van der Waals surface area contributed by atoms with E-state index in [1.54, 1.807) is 0 Å². The molecule has 1 aliphatic carbocycles. The number of nitrogens with one attached hydrogen (secondary N) is 1. The van der Waals surface area contributed by atoms with E-state index < -0.39 is 0 Å². The van der Waals surface area contributed by atoms with Crippen molar-refractivity contribution in [1.82, 2.24) is 5.32 Å². The molecule has 0 amide bonds. The van der Waals surface area contributed by atoms with Crippen LogP contribution in [0, 0.1) is 0 Å². The van der Waals surface area contributed by atoms with E-state index in [2.05, 4.69) is 29.6 Å². The Bertz CT molecular complexity index is 544. The van der Waals surface area contributed by atoms with Crippen LogP contribution in [-0.2, 0) is 0 Å². The van der Waals surface area contributed by atoms with Crippen LogP contribution in [0.3, 0.4) is 0 Å². The van der Waals surface area contributed by atoms with Gasteiger partial charge in [0.2, 0.25) is 0 Å². The Morgan fingerprint density at radius 2 is 1.17 bits per heavy atom. The van der Waals surface area contributed by atoms with Crippen LogP contribution < -0.4 is 5.32 Å². The number of hydrogen-bond acceptors (Lipinski definition) is 1. The molecular weight excluding hydrogens is 349 g/mol. The summed E-state index contributed by atoms with van der Waals surface area (Å²) in [6.07, 6.45) is 6.54. The number of hydrogen-bond donors (Lipinski definition) is 1. The molecule has 0 unspecified atom stereocenters. The lowest BCUT2D eigenvalue weighted by molar-refractivity contribution is 0.354. The lowest BCUT2D eigenvalue weighted by atomic mass is 9.92. The molecule has 0 radical (unpaired) electrons. The smallest absolute Gasteiger partial charge is 0.0578 e. The highest BCUT2D eigenvalue weighted by atomic mass is 35.5. The number of rotatable bonds is 4. The van der Waals surface area contributed by atoms with E-state index >= 15 is 0 Å². The van der Waals surface area contributed by atoms with Gasteiger partial charge in [0, 0.05) is 16.1 Å². The normalized spacial score (nSPS) is 15.4. The van der Waals surface area contributed by atoms with Gasteiger partial charge in [0.25, 0.3) is 0 Å². The average molecular weight is 371 g/mol. The summed E-state index contributed by atoms with van der Waals surface area (Å²) in [5.41, 5.74) is 2.49. The Hall–Kier alpha value is -0.730. The second-order valence-electron chi connectivity index (χ2n) is 6.04. The van der Waals surface area contributed by atoms with Gasteiger partial charge < -0.3 is 5.32 Å². The molecule has 1 aliphatic rings. The van der Waals surface area contributed by atoms with Crippen molar-refractivity contribution in [3.8, 4) is 0 Å². The third kappa shape index (κ3) is 5.12. The Kier molecular flexibility index (Phi) is 7.23. The van der Waals surface area contributed by atoms with Gasteiger partial charge in [-0.05, 0) is 48.2 Å². The summed E-state index contributed by atoms with van der Waals surface area (Å²) in [6.45, 7) is 0. The quantitative estimate of drug-likeness (QED) is 0.654. The molecule has 2 aromatic carbocycles. The minimum Gasteiger partial charge on any atom is -0.303 e. The first kappa shape index (κ1) is 18.6. The first-order chi connectivity index (χ1) is 10.7. The van der Waals surface area contributed by atoms with E-state index in [9.17, 15) is 0 Å². The molecule has 0 heterocycles. The predicted molar refractivity (Wildman–Crippen MR) is 102 cm³/mol. The van der Waals surface area contributed by atoms with Crippen LogP contribution in [-0.4, -0.2) is 6.04 Å². The van der Waals surface area contributed by atoms with Gasteiger partial charge in [-0.2, -0.15) is 0 Å². The molecule has 4 heteroatoms. The molecule has 0 spiro atoms. The van der Waals surface area contributed by atoms with E-state index in [-0.39, 0.29) is 18.4 Å². The third-order valence-electron chi connectivity index (χ3n) is 4.41. The highest BCUT2D eigenvalue weighted by Crippen LogP contribution is 2.28. The molecule has 0 aliphatic heterocycles. The van der Waals surface area contributed by atoms with Gasteiger partial charge in [0.15, 0.2) is 0 Å². The molecule has 1 nitrogen and oxygen atoms in total. The van der Waals surface area contributed by atoms with Crippen LogP contribution in [0.15, 0.2) is 48.5 Å². The van der Waals surface area contributed by atoms with Gasteiger partial charge in [0.05, 0.1) is 6.04 Å². The van der Waals surface area contributed by atoms with Crippen molar-refractivity contribution >= 4 is 35.6 Å². The SMILES string of the molecule is Cl.Clc1ccc(C(NC2CCCCC2)c2ccc(Cl)cc2)cc1. The number of benzene rings is 2. The minimum atomic E-state index is 0. The largest absolute Gasteiger partial charge is 0.303 e. The Balaban J connectivity index is 0.00000192. The Morgan fingerprint density at radius 3 is 1.61 bits per heavy atom. The zero-order chi connectivity index (χ0) is 15.4. The molecule has 0 saturated heterocycles. The van der Waals surface area contributed by atoms with Gasteiger partial charge in [-0.25, -0.2) is 0 Å². The zero-order valence-corrected chi connectivity index (χ0v) is 15.3. The van der Waals surface area contributed by atoms with Crippen molar-refractivity contribution in [3.05, 3.63) is 69.7 Å². The summed E-state index contributed by atoms with van der Waals surface area (Å²) in [7, 11) is 0. The van der Waals surface area contributed by atoms with Crippen LogP contribution in [0.4, 0.5) is 0 Å². The van der Waals surface area contributed by atoms with Gasteiger partial charge in [-0.3, -0.25) is 0 Å². The molecule has 0 aromatic heterocycles. The van der Waals surface area contributed by atoms with Crippen LogP contribution >= 0.6 is 35.6 Å². The predicted octanol–water partition coefficient (Wildman–Crippen LogP) is 6.43. The number of halogens is 3. The highest BCUT2D eigenvalue weighted by molar-refractivity contribution is 6.30. The first-order valence-corrected chi connectivity index (χ1v) is 8.75. The molecule has 0 atom stereocenters. The van der Waals surface area contributed by atoms with Crippen LogP contribution in [0.2, 0.25) is 10.0 Å². The molecule has 0 bridgehead atoms. The summed E-state index contributed by atoms with van der Waals surface area (Å²) < 4.78 is 0. The molecule has 1 saturated carbocycles. The van der Waals surface area contributed by atoms with Crippen molar-refractivity contribution in [1.29, 1.82) is 0 Å². The summed E-state index contributed by atoms with van der Waals surface area (Å²) in [5, 5.41) is 5.39. The van der Waals surface area contributed by atoms with Crippen molar-refractivity contribution in [2.24, 2.45) is 0 Å². The van der Waals surface area contributed by atoms with Gasteiger partial charge in [-0.1, -0.05) is 66.7 Å². The second kappa shape index (κ2) is 8.94. The molecule has 124 valence electrons. The van der Waals surface area contributed by atoms with Gasteiger partial charge in [-0.15, -0.1) is 12.4 Å². The monoisotopic (exact) mass is 369 g/mol. The molecule has 23 heavy (non-hydrogen) atoms.